The molecule has 0 aliphatic rings. The highest BCUT2D eigenvalue weighted by atomic mass is 16.5. The maximum absolute atomic E-state index is 9.93. The first-order valence-electron chi connectivity index (χ1n) is 7.55. The van der Waals surface area contributed by atoms with E-state index >= 15 is 0 Å². The number of benzene rings is 1. The summed E-state index contributed by atoms with van der Waals surface area (Å²) in [4.78, 5) is 4.35. The van der Waals surface area contributed by atoms with Gasteiger partial charge >= 0.3 is 0 Å². The number of guanidine groups is 1. The average Bonchev–Trinajstić information content (AvgIpc) is 2.48. The van der Waals surface area contributed by atoms with E-state index in [2.05, 4.69) is 22.5 Å². The number of rotatable bonds is 8. The fourth-order valence-electron chi connectivity index (χ4n) is 1.73. The molecule has 1 atom stereocenters. The number of aryl methyl sites for hydroxylation is 1. The zero-order valence-electron chi connectivity index (χ0n) is 13.2. The molecule has 0 fully saturated rings. The van der Waals surface area contributed by atoms with E-state index < -0.39 is 6.10 Å². The predicted octanol–water partition coefficient (Wildman–Crippen LogP) is 1.70. The second-order valence-electron chi connectivity index (χ2n) is 4.93. The molecule has 1 unspecified atom stereocenters. The monoisotopic (exact) mass is 293 g/mol. The first-order valence-corrected chi connectivity index (χ1v) is 7.55. The Bertz CT molecular complexity index is 435. The summed E-state index contributed by atoms with van der Waals surface area (Å²) in [7, 11) is 0. The number of ether oxygens (including phenoxy) is 1. The lowest BCUT2D eigenvalue weighted by Crippen LogP contribution is -2.38. The molecule has 1 rings (SSSR count). The van der Waals surface area contributed by atoms with E-state index in [-0.39, 0.29) is 6.61 Å². The van der Waals surface area contributed by atoms with Crippen LogP contribution in [0.2, 0.25) is 0 Å². The lowest BCUT2D eigenvalue weighted by atomic mass is 10.2. The third-order valence-electron chi connectivity index (χ3n) is 2.78. The van der Waals surface area contributed by atoms with Crippen molar-refractivity contribution in [3.8, 4) is 5.75 Å². The summed E-state index contributed by atoms with van der Waals surface area (Å²) < 4.78 is 5.56. The third kappa shape index (κ3) is 7.56. The van der Waals surface area contributed by atoms with Crippen molar-refractivity contribution in [1.29, 1.82) is 0 Å². The van der Waals surface area contributed by atoms with Gasteiger partial charge in [0.25, 0.3) is 0 Å². The van der Waals surface area contributed by atoms with Gasteiger partial charge in [0.1, 0.15) is 18.5 Å². The van der Waals surface area contributed by atoms with Gasteiger partial charge in [-0.05, 0) is 38.0 Å². The zero-order valence-corrected chi connectivity index (χ0v) is 13.2. The number of hydrogen-bond acceptors (Lipinski definition) is 3. The number of aliphatic hydroxyl groups excluding tert-OH is 1. The fourth-order valence-corrected chi connectivity index (χ4v) is 1.73. The molecule has 21 heavy (non-hydrogen) atoms. The van der Waals surface area contributed by atoms with E-state index in [0.717, 1.165) is 36.8 Å². The van der Waals surface area contributed by atoms with Crippen LogP contribution in [-0.2, 0) is 0 Å². The van der Waals surface area contributed by atoms with Gasteiger partial charge in [0.05, 0.1) is 6.54 Å². The van der Waals surface area contributed by atoms with Crippen molar-refractivity contribution in [3.63, 3.8) is 0 Å². The van der Waals surface area contributed by atoms with Crippen molar-refractivity contribution in [2.75, 3.05) is 26.2 Å². The molecule has 0 aromatic heterocycles. The average molecular weight is 293 g/mol. The van der Waals surface area contributed by atoms with E-state index in [1.54, 1.807) is 0 Å². The Morgan fingerprint density at radius 2 is 2.14 bits per heavy atom. The third-order valence-corrected chi connectivity index (χ3v) is 2.78. The summed E-state index contributed by atoms with van der Waals surface area (Å²) in [6.45, 7) is 8.33. The zero-order chi connectivity index (χ0) is 15.5. The highest BCUT2D eigenvalue weighted by Gasteiger charge is 2.05. The van der Waals surface area contributed by atoms with E-state index in [1.807, 2.05) is 38.1 Å². The Balaban J connectivity index is 2.38. The van der Waals surface area contributed by atoms with Crippen molar-refractivity contribution in [2.45, 2.75) is 33.3 Å². The molecular weight excluding hydrogens is 266 g/mol. The lowest BCUT2D eigenvalue weighted by Gasteiger charge is -2.13. The molecule has 0 saturated carbocycles. The number of hydrogen-bond donors (Lipinski definition) is 3. The number of nitrogens with one attached hydrogen (secondary N) is 2. The van der Waals surface area contributed by atoms with Crippen LogP contribution in [0.1, 0.15) is 25.8 Å². The first-order chi connectivity index (χ1) is 10.2. The molecule has 0 saturated heterocycles. The van der Waals surface area contributed by atoms with E-state index in [4.69, 9.17) is 4.74 Å². The van der Waals surface area contributed by atoms with E-state index in [9.17, 15) is 5.11 Å². The van der Waals surface area contributed by atoms with E-state index in [0.29, 0.717) is 6.54 Å². The first kappa shape index (κ1) is 17.3. The summed E-state index contributed by atoms with van der Waals surface area (Å²) >= 11 is 0. The quantitative estimate of drug-likeness (QED) is 0.504. The SMILES string of the molecule is CCCNC(=NCC(O)COc1cccc(C)c1)NCC. The van der Waals surface area contributed by atoms with Gasteiger partial charge in [-0.1, -0.05) is 19.1 Å². The molecule has 0 heterocycles. The van der Waals surface area contributed by atoms with Gasteiger partial charge in [0, 0.05) is 13.1 Å². The topological polar surface area (TPSA) is 65.9 Å². The van der Waals surface area contributed by atoms with Crippen molar-refractivity contribution in [2.24, 2.45) is 4.99 Å². The normalized spacial score (nSPS) is 12.9. The lowest BCUT2D eigenvalue weighted by molar-refractivity contribution is 0.114. The smallest absolute Gasteiger partial charge is 0.191 e. The molecule has 0 amide bonds. The molecule has 5 heteroatoms. The molecule has 1 aromatic rings. The van der Waals surface area contributed by atoms with Gasteiger partial charge in [0.15, 0.2) is 5.96 Å². The summed E-state index contributed by atoms with van der Waals surface area (Å²) in [5.74, 6) is 1.50. The van der Waals surface area contributed by atoms with E-state index in [1.165, 1.54) is 0 Å². The minimum absolute atomic E-state index is 0.236. The van der Waals surface area contributed by atoms with Crippen molar-refractivity contribution in [1.82, 2.24) is 10.6 Å². The predicted molar refractivity (Wildman–Crippen MR) is 87.0 cm³/mol. The Hall–Kier alpha value is -1.75. The minimum atomic E-state index is -0.623. The van der Waals surface area contributed by atoms with Crippen LogP contribution in [0.5, 0.6) is 5.75 Å². The van der Waals surface area contributed by atoms with Gasteiger partial charge in [-0.2, -0.15) is 0 Å². The molecule has 5 nitrogen and oxygen atoms in total. The highest BCUT2D eigenvalue weighted by Crippen LogP contribution is 2.12. The van der Waals surface area contributed by atoms with Gasteiger partial charge in [-0.15, -0.1) is 0 Å². The molecule has 0 radical (unpaired) electrons. The molecule has 0 aliphatic heterocycles. The van der Waals surface area contributed by atoms with Crippen LogP contribution in [0.25, 0.3) is 0 Å². The second-order valence-corrected chi connectivity index (χ2v) is 4.93. The van der Waals surface area contributed by atoms with Crippen molar-refractivity contribution >= 4 is 5.96 Å². The summed E-state index contributed by atoms with van der Waals surface area (Å²) in [5, 5.41) is 16.3. The minimum Gasteiger partial charge on any atom is -0.491 e. The largest absolute Gasteiger partial charge is 0.491 e. The Labute approximate surface area is 127 Å². The molecule has 118 valence electrons. The van der Waals surface area contributed by atoms with Crippen molar-refractivity contribution in [3.05, 3.63) is 29.8 Å². The van der Waals surface area contributed by atoms with Crippen molar-refractivity contribution < 1.29 is 9.84 Å². The van der Waals surface area contributed by atoms with Gasteiger partial charge in [-0.3, -0.25) is 4.99 Å². The van der Waals surface area contributed by atoms with Crippen LogP contribution in [0.4, 0.5) is 0 Å². The van der Waals surface area contributed by atoms with Crippen LogP contribution in [-0.4, -0.2) is 43.4 Å². The molecule has 0 spiro atoms. The van der Waals surface area contributed by atoms with Crippen LogP contribution in [0, 0.1) is 6.92 Å². The van der Waals surface area contributed by atoms with Gasteiger partial charge in [0.2, 0.25) is 0 Å². The standard InChI is InChI=1S/C16H27N3O2/c1-4-9-18-16(17-5-2)19-11-14(20)12-21-15-8-6-7-13(3)10-15/h6-8,10,14,20H,4-5,9,11-12H2,1-3H3,(H2,17,18,19). The summed E-state index contributed by atoms with van der Waals surface area (Å²) in [6.07, 6.45) is 0.409. The van der Waals surface area contributed by atoms with Crippen LogP contribution < -0.4 is 15.4 Å². The van der Waals surface area contributed by atoms with Gasteiger partial charge < -0.3 is 20.5 Å². The Kier molecular flexibility index (Phi) is 8.28. The summed E-state index contributed by atoms with van der Waals surface area (Å²) in [5.41, 5.74) is 1.14. The number of nitrogens with zero attached hydrogens (tertiary/aromatic N) is 1. The Morgan fingerprint density at radius 1 is 1.33 bits per heavy atom. The number of aliphatic hydroxyl groups is 1. The Morgan fingerprint density at radius 3 is 2.81 bits per heavy atom. The van der Waals surface area contributed by atoms with Crippen LogP contribution in [0.3, 0.4) is 0 Å². The van der Waals surface area contributed by atoms with Crippen LogP contribution in [0.15, 0.2) is 29.3 Å². The highest BCUT2D eigenvalue weighted by molar-refractivity contribution is 5.79. The maximum atomic E-state index is 9.93. The van der Waals surface area contributed by atoms with Gasteiger partial charge in [-0.25, -0.2) is 0 Å². The molecular formula is C16H27N3O2. The fraction of sp³-hybridized carbons (Fsp3) is 0.562. The van der Waals surface area contributed by atoms with Crippen LogP contribution >= 0.6 is 0 Å². The maximum Gasteiger partial charge on any atom is 0.191 e. The summed E-state index contributed by atoms with van der Waals surface area (Å²) in [6, 6.07) is 7.78. The molecule has 0 bridgehead atoms. The number of aliphatic imine (C=N–C) groups is 1. The molecule has 3 N–H and O–H groups in total. The molecule has 0 aliphatic carbocycles. The molecule has 1 aromatic carbocycles. The second kappa shape index (κ2) is 10.0.